The van der Waals surface area contributed by atoms with Crippen LogP contribution in [0.2, 0.25) is 0 Å². The third-order valence-corrected chi connectivity index (χ3v) is 1.47. The van der Waals surface area contributed by atoms with E-state index in [-0.39, 0.29) is 0 Å². The Hall–Kier alpha value is -1.04. The van der Waals surface area contributed by atoms with E-state index >= 15 is 0 Å². The van der Waals surface area contributed by atoms with E-state index < -0.39 is 0 Å². The van der Waals surface area contributed by atoms with Crippen molar-refractivity contribution >= 4 is 0 Å². The molecule has 0 amide bonds. The Bertz CT molecular complexity index is 171. The lowest BCUT2D eigenvalue weighted by Crippen LogP contribution is -2.23. The van der Waals surface area contributed by atoms with Crippen molar-refractivity contribution in [2.24, 2.45) is 5.84 Å². The number of hydrazine groups is 1. The van der Waals surface area contributed by atoms with Crippen molar-refractivity contribution in [3.63, 3.8) is 0 Å². The minimum absolute atomic E-state index is 0.616. The monoisotopic (exact) mass is 201 g/mol. The maximum absolute atomic E-state index is 5.23. The van der Waals surface area contributed by atoms with Crippen LogP contribution in [-0.2, 0) is 9.47 Å². The fourth-order valence-corrected chi connectivity index (χ4v) is 0.717. The molecule has 0 bridgehead atoms. The lowest BCUT2D eigenvalue weighted by molar-refractivity contribution is 0.0730. The fourth-order valence-electron chi connectivity index (χ4n) is 0.717. The molecular weight excluding hydrogens is 182 g/mol. The van der Waals surface area contributed by atoms with Gasteiger partial charge in [-0.3, -0.25) is 5.84 Å². The fraction of sp³-hybridized carbons (Fsp3) is 0.556. The summed E-state index contributed by atoms with van der Waals surface area (Å²) in [5, 5.41) is 3.02. The van der Waals surface area contributed by atoms with E-state index in [9.17, 15) is 0 Å². The van der Waals surface area contributed by atoms with Gasteiger partial charge in [0.15, 0.2) is 0 Å². The number of rotatable bonds is 9. The number of allylic oxidation sites excluding steroid dienone is 1. The lowest BCUT2D eigenvalue weighted by Gasteiger charge is -2.04. The summed E-state index contributed by atoms with van der Waals surface area (Å²) in [6.45, 7) is 6.17. The van der Waals surface area contributed by atoms with Crippen molar-refractivity contribution in [2.75, 3.05) is 33.5 Å². The summed E-state index contributed by atoms with van der Waals surface area (Å²) in [7, 11) is 1.65. The Labute approximate surface area is 84.9 Å². The largest absolute Gasteiger partial charge is 0.387 e. The SMILES string of the molecule is C=CC(=CNCCOCCOC)NN. The van der Waals surface area contributed by atoms with Gasteiger partial charge in [-0.15, -0.1) is 0 Å². The molecule has 0 heterocycles. The minimum Gasteiger partial charge on any atom is -0.387 e. The molecule has 0 aromatic rings. The van der Waals surface area contributed by atoms with Gasteiger partial charge < -0.3 is 20.2 Å². The van der Waals surface area contributed by atoms with Gasteiger partial charge in [0.05, 0.1) is 25.5 Å². The summed E-state index contributed by atoms with van der Waals surface area (Å²) in [5.41, 5.74) is 3.22. The predicted octanol–water partition coefficient (Wildman–Crippen LogP) is -0.270. The van der Waals surface area contributed by atoms with E-state index in [0.717, 1.165) is 12.2 Å². The van der Waals surface area contributed by atoms with Crippen LogP contribution in [0, 0.1) is 0 Å². The summed E-state index contributed by atoms with van der Waals surface area (Å²) in [5.74, 6) is 5.19. The number of methoxy groups -OCH3 is 1. The molecule has 0 rings (SSSR count). The molecule has 0 saturated heterocycles. The van der Waals surface area contributed by atoms with Crippen molar-refractivity contribution in [3.05, 3.63) is 24.6 Å². The van der Waals surface area contributed by atoms with Gasteiger partial charge in [0.1, 0.15) is 0 Å². The Balaban J connectivity index is 3.27. The molecule has 5 heteroatoms. The molecule has 0 aromatic heterocycles. The molecule has 0 aromatic carbocycles. The summed E-state index contributed by atoms with van der Waals surface area (Å²) in [6.07, 6.45) is 3.37. The van der Waals surface area contributed by atoms with Gasteiger partial charge in [0.2, 0.25) is 0 Å². The number of nitrogens with two attached hydrogens (primary N) is 1. The van der Waals surface area contributed by atoms with E-state index in [1.54, 1.807) is 19.4 Å². The van der Waals surface area contributed by atoms with Crippen molar-refractivity contribution in [3.8, 4) is 0 Å². The first kappa shape index (κ1) is 13.0. The zero-order valence-corrected chi connectivity index (χ0v) is 8.58. The molecule has 5 nitrogen and oxygen atoms in total. The van der Waals surface area contributed by atoms with Crippen LogP contribution in [0.4, 0.5) is 0 Å². The van der Waals surface area contributed by atoms with Crippen LogP contribution < -0.4 is 16.6 Å². The molecule has 0 saturated carbocycles. The van der Waals surface area contributed by atoms with E-state index in [2.05, 4.69) is 17.3 Å². The van der Waals surface area contributed by atoms with Crippen LogP contribution in [0.1, 0.15) is 0 Å². The number of nitrogens with one attached hydrogen (secondary N) is 2. The van der Waals surface area contributed by atoms with Crippen LogP contribution >= 0.6 is 0 Å². The molecule has 4 N–H and O–H groups in total. The summed E-state index contributed by atoms with van der Waals surface area (Å²) < 4.78 is 10.1. The van der Waals surface area contributed by atoms with Gasteiger partial charge in [-0.05, 0) is 6.08 Å². The zero-order chi connectivity index (χ0) is 10.6. The first-order valence-electron chi connectivity index (χ1n) is 4.44. The van der Waals surface area contributed by atoms with E-state index in [1.807, 2.05) is 0 Å². The first-order chi connectivity index (χ1) is 6.85. The molecule has 14 heavy (non-hydrogen) atoms. The van der Waals surface area contributed by atoms with Crippen LogP contribution in [0.25, 0.3) is 0 Å². The Morgan fingerprint density at radius 1 is 1.43 bits per heavy atom. The van der Waals surface area contributed by atoms with Gasteiger partial charge >= 0.3 is 0 Å². The standard InChI is InChI=1S/C9H19N3O2/c1-3-9(12-10)8-11-4-5-14-7-6-13-2/h3,8,11-12H,1,4-7,10H2,2H3. The minimum atomic E-state index is 0.616. The van der Waals surface area contributed by atoms with Crippen molar-refractivity contribution in [2.45, 2.75) is 0 Å². The highest BCUT2D eigenvalue weighted by Gasteiger charge is 1.87. The molecule has 0 aliphatic carbocycles. The number of hydrogen-bond acceptors (Lipinski definition) is 5. The summed E-state index contributed by atoms with van der Waals surface area (Å²) >= 11 is 0. The highest BCUT2D eigenvalue weighted by atomic mass is 16.5. The van der Waals surface area contributed by atoms with E-state index in [1.165, 1.54) is 0 Å². The molecule has 0 fully saturated rings. The third kappa shape index (κ3) is 7.60. The molecule has 0 aliphatic heterocycles. The quantitative estimate of drug-likeness (QED) is 0.207. The maximum atomic E-state index is 5.23. The van der Waals surface area contributed by atoms with Crippen LogP contribution in [0.15, 0.2) is 24.6 Å². The normalized spacial score (nSPS) is 11.1. The average Bonchev–Trinajstić information content (AvgIpc) is 2.22. The first-order valence-corrected chi connectivity index (χ1v) is 4.44. The second kappa shape index (κ2) is 10.0. The summed E-state index contributed by atoms with van der Waals surface area (Å²) in [4.78, 5) is 0. The maximum Gasteiger partial charge on any atom is 0.0701 e. The molecule has 0 radical (unpaired) electrons. The lowest BCUT2D eigenvalue weighted by atomic mass is 10.5. The van der Waals surface area contributed by atoms with E-state index in [0.29, 0.717) is 19.8 Å². The molecule has 82 valence electrons. The van der Waals surface area contributed by atoms with E-state index in [4.69, 9.17) is 15.3 Å². The molecule has 0 atom stereocenters. The van der Waals surface area contributed by atoms with Crippen LogP contribution in [0.5, 0.6) is 0 Å². The second-order valence-corrected chi connectivity index (χ2v) is 2.51. The van der Waals surface area contributed by atoms with Crippen molar-refractivity contribution in [1.82, 2.24) is 10.7 Å². The second-order valence-electron chi connectivity index (χ2n) is 2.51. The van der Waals surface area contributed by atoms with Crippen LogP contribution in [0.3, 0.4) is 0 Å². The third-order valence-electron chi connectivity index (χ3n) is 1.47. The smallest absolute Gasteiger partial charge is 0.0701 e. The Morgan fingerprint density at radius 3 is 2.79 bits per heavy atom. The zero-order valence-electron chi connectivity index (χ0n) is 8.58. The van der Waals surface area contributed by atoms with Crippen molar-refractivity contribution < 1.29 is 9.47 Å². The highest BCUT2D eigenvalue weighted by Crippen LogP contribution is 1.83. The van der Waals surface area contributed by atoms with Gasteiger partial charge in [-0.25, -0.2) is 0 Å². The molecule has 0 unspecified atom stereocenters. The van der Waals surface area contributed by atoms with Gasteiger partial charge in [-0.1, -0.05) is 6.58 Å². The van der Waals surface area contributed by atoms with Gasteiger partial charge in [-0.2, -0.15) is 0 Å². The van der Waals surface area contributed by atoms with Crippen molar-refractivity contribution in [1.29, 1.82) is 0 Å². The topological polar surface area (TPSA) is 68.5 Å². The summed E-state index contributed by atoms with van der Waals surface area (Å²) in [6, 6.07) is 0. The molecule has 0 aliphatic rings. The van der Waals surface area contributed by atoms with Gasteiger partial charge in [0, 0.05) is 19.9 Å². The average molecular weight is 201 g/mol. The molecule has 0 spiro atoms. The predicted molar refractivity (Wildman–Crippen MR) is 56.3 cm³/mol. The highest BCUT2D eigenvalue weighted by molar-refractivity contribution is 5.11. The molecular formula is C9H19N3O2. The number of hydrogen-bond donors (Lipinski definition) is 3. The van der Waals surface area contributed by atoms with Gasteiger partial charge in [0.25, 0.3) is 0 Å². The Kier molecular flexibility index (Phi) is 9.30. The number of ether oxygens (including phenoxy) is 2. The Morgan fingerprint density at radius 2 is 2.21 bits per heavy atom. The van der Waals surface area contributed by atoms with Crippen LogP contribution in [-0.4, -0.2) is 33.5 Å².